The number of hydrogen-bond donors (Lipinski definition) is 2. The molecule has 0 saturated carbocycles. The first-order valence-electron chi connectivity index (χ1n) is 11.2. The maximum absolute atomic E-state index is 10.6. The topological polar surface area (TPSA) is 43.7 Å². The molecular formula is C27H43N2O2+. The molecule has 4 heteroatoms. The molecular weight excluding hydrogens is 384 g/mol. The summed E-state index contributed by atoms with van der Waals surface area (Å²) in [5.41, 5.74) is 4.33. The van der Waals surface area contributed by atoms with Crippen molar-refractivity contribution in [3.8, 4) is 11.5 Å². The molecule has 4 nitrogen and oxygen atoms in total. The van der Waals surface area contributed by atoms with Crippen LogP contribution in [0.4, 0.5) is 0 Å². The smallest absolute Gasteiger partial charge is 0.120 e. The number of rotatable bonds is 7. The van der Waals surface area contributed by atoms with E-state index in [-0.39, 0.29) is 10.8 Å². The lowest BCUT2D eigenvalue weighted by molar-refractivity contribution is -0.869. The summed E-state index contributed by atoms with van der Waals surface area (Å²) in [5.74, 6) is 0.659. The average Bonchev–Trinajstić information content (AvgIpc) is 2.60. The van der Waals surface area contributed by atoms with E-state index in [4.69, 9.17) is 0 Å². The van der Waals surface area contributed by atoms with Gasteiger partial charge in [0, 0.05) is 30.8 Å². The van der Waals surface area contributed by atoms with Crippen molar-refractivity contribution in [3.05, 3.63) is 58.7 Å². The Balaban J connectivity index is 2.37. The van der Waals surface area contributed by atoms with Crippen molar-refractivity contribution in [1.82, 2.24) is 4.90 Å². The fourth-order valence-corrected chi connectivity index (χ4v) is 3.49. The zero-order valence-corrected chi connectivity index (χ0v) is 21.1. The van der Waals surface area contributed by atoms with E-state index in [1.807, 2.05) is 24.3 Å². The molecule has 0 spiro atoms. The Morgan fingerprint density at radius 2 is 1.10 bits per heavy atom. The van der Waals surface area contributed by atoms with Crippen molar-refractivity contribution in [3.63, 3.8) is 0 Å². The lowest BCUT2D eigenvalue weighted by Crippen LogP contribution is -2.41. The summed E-state index contributed by atoms with van der Waals surface area (Å²) in [4.78, 5) is 2.33. The summed E-state index contributed by atoms with van der Waals surface area (Å²) in [6, 6.07) is 11.9. The van der Waals surface area contributed by atoms with Gasteiger partial charge in [-0.1, -0.05) is 65.8 Å². The quantitative estimate of drug-likeness (QED) is 0.581. The van der Waals surface area contributed by atoms with Gasteiger partial charge in [-0.05, 0) is 34.1 Å². The predicted octanol–water partition coefficient (Wildman–Crippen LogP) is 5.40. The number of aromatic hydroxyl groups is 2. The second kappa shape index (κ2) is 9.22. The summed E-state index contributed by atoms with van der Waals surface area (Å²) in [7, 11) is 6.56. The van der Waals surface area contributed by atoms with Crippen LogP contribution in [0.5, 0.6) is 11.5 Å². The average molecular weight is 428 g/mol. The maximum atomic E-state index is 10.6. The van der Waals surface area contributed by atoms with Gasteiger partial charge in [0.05, 0.1) is 27.7 Å². The van der Waals surface area contributed by atoms with Crippen LogP contribution in [0.2, 0.25) is 0 Å². The Morgan fingerprint density at radius 3 is 1.42 bits per heavy atom. The number of phenolic OH excluding ortho intramolecular Hbond substituents is 2. The molecule has 0 saturated heterocycles. The van der Waals surface area contributed by atoms with E-state index in [2.05, 4.69) is 79.7 Å². The predicted molar refractivity (Wildman–Crippen MR) is 131 cm³/mol. The van der Waals surface area contributed by atoms with Crippen LogP contribution in [0.1, 0.15) is 63.8 Å². The first-order valence-corrected chi connectivity index (χ1v) is 11.2. The highest BCUT2D eigenvalue weighted by Gasteiger charge is 2.21. The maximum Gasteiger partial charge on any atom is 0.120 e. The second-order valence-corrected chi connectivity index (χ2v) is 11.9. The van der Waals surface area contributed by atoms with Crippen LogP contribution >= 0.6 is 0 Å². The molecule has 31 heavy (non-hydrogen) atoms. The molecule has 0 unspecified atom stereocenters. The molecule has 0 heterocycles. The first-order chi connectivity index (χ1) is 14.1. The van der Waals surface area contributed by atoms with Crippen LogP contribution in [0.15, 0.2) is 36.4 Å². The number of hydrogen-bond acceptors (Lipinski definition) is 3. The zero-order chi connectivity index (χ0) is 23.6. The fraction of sp³-hybridized carbons (Fsp3) is 0.556. The summed E-state index contributed by atoms with van der Waals surface area (Å²) in [6.45, 7) is 16.2. The third-order valence-corrected chi connectivity index (χ3v) is 5.77. The second-order valence-electron chi connectivity index (χ2n) is 11.9. The normalized spacial score (nSPS) is 13.1. The summed E-state index contributed by atoms with van der Waals surface area (Å²) >= 11 is 0. The van der Waals surface area contributed by atoms with Crippen LogP contribution in [0.3, 0.4) is 0 Å². The standard InChI is InChI=1S/C27H42N2O2/c1-26(2,3)22-10-12-24(30)20(16-22)18-28(14-15-29(7,8)9)19-21-17-23(27(4,5)6)11-13-25(21)31/h10-13,16-17H,14-15,18-19H2,1-9H3,(H-,30,31)/p+1. The summed E-state index contributed by atoms with van der Waals surface area (Å²) in [6.07, 6.45) is 0. The molecule has 2 aromatic carbocycles. The molecule has 0 fully saturated rings. The number of likely N-dealkylation sites (N-methyl/N-ethyl adjacent to an activating group) is 1. The van der Waals surface area contributed by atoms with Gasteiger partial charge in [-0.3, -0.25) is 4.90 Å². The molecule has 2 N–H and O–H groups in total. The Hall–Kier alpha value is -2.04. The van der Waals surface area contributed by atoms with E-state index < -0.39 is 0 Å². The molecule has 0 amide bonds. The van der Waals surface area contributed by atoms with E-state index >= 15 is 0 Å². The molecule has 0 aromatic heterocycles. The third-order valence-electron chi connectivity index (χ3n) is 5.77. The van der Waals surface area contributed by atoms with Gasteiger partial charge < -0.3 is 14.7 Å². The van der Waals surface area contributed by atoms with Crippen LogP contribution in [-0.2, 0) is 23.9 Å². The van der Waals surface area contributed by atoms with Crippen LogP contribution < -0.4 is 0 Å². The summed E-state index contributed by atoms with van der Waals surface area (Å²) in [5, 5.41) is 21.1. The van der Waals surface area contributed by atoms with Crippen molar-refractivity contribution in [1.29, 1.82) is 0 Å². The van der Waals surface area contributed by atoms with Gasteiger partial charge in [0.15, 0.2) is 0 Å². The van der Waals surface area contributed by atoms with Crippen molar-refractivity contribution < 1.29 is 14.7 Å². The van der Waals surface area contributed by atoms with Crippen LogP contribution in [0.25, 0.3) is 0 Å². The highest BCUT2D eigenvalue weighted by molar-refractivity contribution is 5.40. The van der Waals surface area contributed by atoms with E-state index in [9.17, 15) is 10.2 Å². The Morgan fingerprint density at radius 1 is 0.710 bits per heavy atom. The Bertz CT molecular complexity index is 818. The molecule has 2 rings (SSSR count). The number of phenols is 2. The molecule has 0 aliphatic rings. The molecule has 0 atom stereocenters. The van der Waals surface area contributed by atoms with Crippen molar-refractivity contribution in [2.24, 2.45) is 0 Å². The van der Waals surface area contributed by atoms with Gasteiger partial charge >= 0.3 is 0 Å². The molecule has 0 aliphatic heterocycles. The van der Waals surface area contributed by atoms with Crippen molar-refractivity contribution >= 4 is 0 Å². The minimum absolute atomic E-state index is 0.0227. The highest BCUT2D eigenvalue weighted by Crippen LogP contribution is 2.31. The van der Waals surface area contributed by atoms with Crippen LogP contribution in [-0.4, -0.2) is 53.8 Å². The number of benzene rings is 2. The summed E-state index contributed by atoms with van der Waals surface area (Å²) < 4.78 is 0.860. The van der Waals surface area contributed by atoms with E-state index in [1.165, 1.54) is 11.1 Å². The van der Waals surface area contributed by atoms with Gasteiger partial charge in [-0.25, -0.2) is 0 Å². The Labute approximate surface area is 189 Å². The minimum Gasteiger partial charge on any atom is -0.508 e. The molecule has 2 aromatic rings. The minimum atomic E-state index is 0.0227. The van der Waals surface area contributed by atoms with Crippen LogP contribution in [0, 0.1) is 0 Å². The first kappa shape index (κ1) is 25.2. The van der Waals surface area contributed by atoms with Gasteiger partial charge in [0.1, 0.15) is 11.5 Å². The molecule has 0 radical (unpaired) electrons. The Kier molecular flexibility index (Phi) is 7.50. The lowest BCUT2D eigenvalue weighted by Gasteiger charge is -2.30. The molecule has 172 valence electrons. The SMILES string of the molecule is CC(C)(C)c1ccc(O)c(CN(CC[N+](C)(C)C)Cc2cc(C(C)(C)C)ccc2O)c1. The van der Waals surface area contributed by atoms with E-state index in [1.54, 1.807) is 0 Å². The van der Waals surface area contributed by atoms with Crippen molar-refractivity contribution in [2.75, 3.05) is 34.2 Å². The zero-order valence-electron chi connectivity index (χ0n) is 21.1. The van der Waals surface area contributed by atoms with E-state index in [0.29, 0.717) is 24.6 Å². The van der Waals surface area contributed by atoms with E-state index in [0.717, 1.165) is 28.7 Å². The number of nitrogens with zero attached hydrogens (tertiary/aromatic N) is 2. The highest BCUT2D eigenvalue weighted by atomic mass is 16.3. The van der Waals surface area contributed by atoms with Crippen molar-refractivity contribution in [2.45, 2.75) is 65.5 Å². The monoisotopic (exact) mass is 427 g/mol. The van der Waals surface area contributed by atoms with Gasteiger partial charge in [-0.2, -0.15) is 0 Å². The van der Waals surface area contributed by atoms with Gasteiger partial charge in [0.2, 0.25) is 0 Å². The largest absolute Gasteiger partial charge is 0.508 e. The fourth-order valence-electron chi connectivity index (χ4n) is 3.49. The third kappa shape index (κ3) is 7.55. The molecule has 0 aliphatic carbocycles. The molecule has 0 bridgehead atoms. The lowest BCUT2D eigenvalue weighted by atomic mass is 9.85. The van der Waals surface area contributed by atoms with Gasteiger partial charge in [0.25, 0.3) is 0 Å². The van der Waals surface area contributed by atoms with Gasteiger partial charge in [-0.15, -0.1) is 0 Å². The number of quaternary nitrogens is 1.